The summed E-state index contributed by atoms with van der Waals surface area (Å²) in [5.41, 5.74) is 6.47. The molecule has 0 saturated heterocycles. The minimum absolute atomic E-state index is 0.314. The normalized spacial score (nSPS) is 14.3. The number of hydrogen-bond acceptors (Lipinski definition) is 6. The van der Waals surface area contributed by atoms with Gasteiger partial charge in [0.05, 0.1) is 7.11 Å². The van der Waals surface area contributed by atoms with Gasteiger partial charge in [0.25, 0.3) is 5.91 Å². The first-order valence-corrected chi connectivity index (χ1v) is 13.2. The molecule has 1 spiro atoms. The van der Waals surface area contributed by atoms with E-state index in [-0.39, 0.29) is 5.91 Å². The lowest BCUT2D eigenvalue weighted by Crippen LogP contribution is -2.56. The number of carbonyl (C=O) groups is 2. The Morgan fingerprint density at radius 1 is 0.842 bits per heavy atom. The summed E-state index contributed by atoms with van der Waals surface area (Å²) in [6.45, 7) is 11.9. The van der Waals surface area contributed by atoms with Crippen molar-refractivity contribution in [3.05, 3.63) is 82.9 Å². The summed E-state index contributed by atoms with van der Waals surface area (Å²) in [6, 6.07) is 19.7. The predicted octanol–water partition coefficient (Wildman–Crippen LogP) is 5.50. The summed E-state index contributed by atoms with van der Waals surface area (Å²) in [5.74, 6) is 0.963. The Bertz CT molecular complexity index is 1320. The maximum Gasteiger partial charge on any atom is 0.425 e. The summed E-state index contributed by atoms with van der Waals surface area (Å²) in [7, 11) is 1.29. The van der Waals surface area contributed by atoms with Crippen LogP contribution in [-0.4, -0.2) is 50.3 Å². The third kappa shape index (κ3) is 3.66. The number of amides is 2. The minimum Gasteiger partial charge on any atom is -0.456 e. The number of benzene rings is 3. The second-order valence-corrected chi connectivity index (χ2v) is 9.31. The van der Waals surface area contributed by atoms with Gasteiger partial charge < -0.3 is 19.3 Å². The molecule has 5 rings (SSSR count). The van der Waals surface area contributed by atoms with Gasteiger partial charge in [-0.1, -0.05) is 30.3 Å². The molecule has 2 aliphatic heterocycles. The van der Waals surface area contributed by atoms with Gasteiger partial charge in [-0.15, -0.1) is 0 Å². The van der Waals surface area contributed by atoms with E-state index >= 15 is 0 Å². The third-order valence-electron chi connectivity index (χ3n) is 7.66. The lowest BCUT2D eigenvalue weighted by atomic mass is 9.75. The second-order valence-electron chi connectivity index (χ2n) is 9.31. The van der Waals surface area contributed by atoms with Gasteiger partial charge in [-0.25, -0.2) is 15.2 Å². The first kappa shape index (κ1) is 25.4. The zero-order valence-electron chi connectivity index (χ0n) is 22.6. The largest absolute Gasteiger partial charge is 0.456 e. The first-order chi connectivity index (χ1) is 18.4. The van der Waals surface area contributed by atoms with Crippen molar-refractivity contribution < 1.29 is 19.1 Å². The van der Waals surface area contributed by atoms with E-state index in [4.69, 9.17) is 9.47 Å². The number of methoxy groups -OCH3 is 1. The van der Waals surface area contributed by atoms with Crippen molar-refractivity contribution >= 4 is 23.4 Å². The van der Waals surface area contributed by atoms with Crippen LogP contribution in [0, 0.1) is 0 Å². The maximum absolute atomic E-state index is 13.9. The van der Waals surface area contributed by atoms with Crippen LogP contribution in [0.15, 0.2) is 60.7 Å². The van der Waals surface area contributed by atoms with Crippen LogP contribution < -0.4 is 20.0 Å². The van der Waals surface area contributed by atoms with Crippen LogP contribution in [0.2, 0.25) is 0 Å². The molecule has 0 saturated carbocycles. The molecule has 2 aliphatic rings. The molecule has 0 fully saturated rings. The molecule has 198 valence electrons. The van der Waals surface area contributed by atoms with E-state index in [9.17, 15) is 9.59 Å². The van der Waals surface area contributed by atoms with Gasteiger partial charge in [-0.05, 0) is 45.9 Å². The summed E-state index contributed by atoms with van der Waals surface area (Å²) in [4.78, 5) is 31.0. The van der Waals surface area contributed by atoms with Gasteiger partial charge in [-0.3, -0.25) is 4.79 Å². The number of anilines is 2. The van der Waals surface area contributed by atoms with E-state index in [1.807, 2.05) is 54.6 Å². The fraction of sp³-hybridized carbons (Fsp3) is 0.333. The van der Waals surface area contributed by atoms with Crippen LogP contribution >= 0.6 is 0 Å². The summed E-state index contributed by atoms with van der Waals surface area (Å²) in [5, 5.41) is 1.40. The molecule has 38 heavy (non-hydrogen) atoms. The zero-order chi connectivity index (χ0) is 27.0. The van der Waals surface area contributed by atoms with E-state index in [2.05, 4.69) is 42.9 Å². The number of ether oxygens (including phenoxy) is 2. The molecule has 0 unspecified atom stereocenters. The van der Waals surface area contributed by atoms with Crippen LogP contribution in [0.3, 0.4) is 0 Å². The van der Waals surface area contributed by atoms with E-state index in [1.54, 1.807) is 6.07 Å². The van der Waals surface area contributed by atoms with Crippen molar-refractivity contribution in [3.8, 4) is 11.5 Å². The first-order valence-electron chi connectivity index (χ1n) is 13.2. The van der Waals surface area contributed by atoms with Crippen LogP contribution in [0.25, 0.3) is 0 Å². The maximum atomic E-state index is 13.9. The molecule has 0 aromatic heterocycles. The Morgan fingerprint density at radius 3 is 1.87 bits per heavy atom. The summed E-state index contributed by atoms with van der Waals surface area (Å²) >= 11 is 0. The highest BCUT2D eigenvalue weighted by molar-refractivity contribution is 6.03. The lowest BCUT2D eigenvalue weighted by molar-refractivity contribution is 0.0481. The highest BCUT2D eigenvalue weighted by Crippen LogP contribution is 2.57. The number of hydrazine groups is 1. The number of carbonyl (C=O) groups excluding carboxylic acids is 2. The van der Waals surface area contributed by atoms with Gasteiger partial charge in [0.2, 0.25) is 0 Å². The number of rotatable bonds is 7. The van der Waals surface area contributed by atoms with Gasteiger partial charge in [0.15, 0.2) is 0 Å². The smallest absolute Gasteiger partial charge is 0.425 e. The highest BCUT2D eigenvalue weighted by Gasteiger charge is 2.57. The molecule has 0 bridgehead atoms. The fourth-order valence-electron chi connectivity index (χ4n) is 5.80. The van der Waals surface area contributed by atoms with Crippen LogP contribution in [0.4, 0.5) is 16.2 Å². The summed E-state index contributed by atoms with van der Waals surface area (Å²) < 4.78 is 11.6. The second kappa shape index (κ2) is 9.93. The average molecular weight is 515 g/mol. The van der Waals surface area contributed by atoms with E-state index in [0.717, 1.165) is 54.2 Å². The molecule has 3 aromatic carbocycles. The molecule has 1 N–H and O–H groups in total. The van der Waals surface area contributed by atoms with E-state index in [1.165, 1.54) is 12.1 Å². The standard InChI is InChI=1S/C30H34N4O4/c1-6-32(7-2)20-14-16-24-26(18-20)38-27-19-21(33(8-3)9-4)15-17-25(27)30(24)23-13-11-10-12-22(23)28(35)34(30)31-29(36)37-5/h10-19H,6-9H2,1-5H3,(H,31,36). The fourth-order valence-corrected chi connectivity index (χ4v) is 5.80. The van der Waals surface area contributed by atoms with Crippen molar-refractivity contribution in [1.82, 2.24) is 10.4 Å². The zero-order valence-corrected chi connectivity index (χ0v) is 22.6. The SMILES string of the molecule is CCN(CC)c1ccc2c(c1)Oc1cc(N(CC)CC)ccc1C21c2ccccc2C(=O)N1NC(=O)OC. The van der Waals surface area contributed by atoms with E-state index < -0.39 is 11.6 Å². The van der Waals surface area contributed by atoms with Gasteiger partial charge in [-0.2, -0.15) is 0 Å². The molecule has 2 amide bonds. The lowest BCUT2D eigenvalue weighted by Gasteiger charge is -2.44. The van der Waals surface area contributed by atoms with Crippen molar-refractivity contribution in [1.29, 1.82) is 0 Å². The highest BCUT2D eigenvalue weighted by atomic mass is 16.5. The van der Waals surface area contributed by atoms with Gasteiger partial charge in [0, 0.05) is 71.9 Å². The number of fused-ring (bicyclic) bond motifs is 6. The predicted molar refractivity (Wildman–Crippen MR) is 148 cm³/mol. The van der Waals surface area contributed by atoms with Crippen molar-refractivity contribution in [2.24, 2.45) is 0 Å². The number of nitrogens with zero attached hydrogens (tertiary/aromatic N) is 3. The quantitative estimate of drug-likeness (QED) is 0.449. The average Bonchev–Trinajstić information content (AvgIpc) is 3.18. The molecular weight excluding hydrogens is 480 g/mol. The molecule has 0 aliphatic carbocycles. The Morgan fingerprint density at radius 2 is 1.37 bits per heavy atom. The van der Waals surface area contributed by atoms with Crippen LogP contribution in [-0.2, 0) is 10.3 Å². The third-order valence-corrected chi connectivity index (χ3v) is 7.66. The van der Waals surface area contributed by atoms with Crippen molar-refractivity contribution in [2.45, 2.75) is 33.2 Å². The molecule has 8 nitrogen and oxygen atoms in total. The Balaban J connectivity index is 1.83. The Kier molecular flexibility index (Phi) is 6.65. The number of hydrogen-bond donors (Lipinski definition) is 1. The van der Waals surface area contributed by atoms with Crippen LogP contribution in [0.1, 0.15) is 54.7 Å². The van der Waals surface area contributed by atoms with Crippen molar-refractivity contribution in [2.75, 3.05) is 43.1 Å². The number of nitrogens with one attached hydrogen (secondary N) is 1. The Labute approximate surface area is 223 Å². The van der Waals surface area contributed by atoms with Crippen LogP contribution in [0.5, 0.6) is 11.5 Å². The van der Waals surface area contributed by atoms with Crippen molar-refractivity contribution in [3.63, 3.8) is 0 Å². The molecule has 0 radical (unpaired) electrons. The monoisotopic (exact) mass is 514 g/mol. The van der Waals surface area contributed by atoms with E-state index in [0.29, 0.717) is 17.1 Å². The van der Waals surface area contributed by atoms with Gasteiger partial charge >= 0.3 is 6.09 Å². The molecule has 8 heteroatoms. The Hall–Kier alpha value is -4.20. The topological polar surface area (TPSA) is 74.4 Å². The molecule has 2 heterocycles. The molecule has 3 aromatic rings. The minimum atomic E-state index is -1.14. The summed E-state index contributed by atoms with van der Waals surface area (Å²) in [6.07, 6.45) is -0.723. The molecular formula is C30H34N4O4. The molecule has 0 atom stereocenters. The van der Waals surface area contributed by atoms with Gasteiger partial charge in [0.1, 0.15) is 17.0 Å².